The molecular formula is C13H17N3O3. The molecular weight excluding hydrogens is 246 g/mol. The Balaban J connectivity index is 2.25. The first-order valence-corrected chi connectivity index (χ1v) is 6.25. The SMILES string of the molecule is Cc1ccc([N+](=O)[O-])c(NC(=O)C2(CN)CCC2)c1. The summed E-state index contributed by atoms with van der Waals surface area (Å²) in [6.07, 6.45) is 2.46. The number of amides is 1. The minimum absolute atomic E-state index is 0.0922. The van der Waals surface area contributed by atoms with Gasteiger partial charge in [-0.15, -0.1) is 0 Å². The maximum atomic E-state index is 12.2. The van der Waals surface area contributed by atoms with Crippen molar-refractivity contribution in [3.8, 4) is 0 Å². The summed E-state index contributed by atoms with van der Waals surface area (Å²) in [6, 6.07) is 4.66. The predicted octanol–water partition coefficient (Wildman–Crippen LogP) is 1.97. The number of carbonyl (C=O) groups is 1. The number of hydrogen-bond acceptors (Lipinski definition) is 4. The predicted molar refractivity (Wildman–Crippen MR) is 71.8 cm³/mol. The van der Waals surface area contributed by atoms with E-state index in [0.717, 1.165) is 24.8 Å². The first kappa shape index (κ1) is 13.5. The van der Waals surface area contributed by atoms with Gasteiger partial charge < -0.3 is 11.1 Å². The van der Waals surface area contributed by atoms with Crippen LogP contribution in [0.3, 0.4) is 0 Å². The molecule has 0 unspecified atom stereocenters. The third-order valence-electron chi connectivity index (χ3n) is 3.78. The quantitative estimate of drug-likeness (QED) is 0.640. The van der Waals surface area contributed by atoms with Crippen LogP contribution < -0.4 is 11.1 Å². The van der Waals surface area contributed by atoms with Crippen LogP contribution in [0, 0.1) is 22.5 Å². The number of nitrogens with two attached hydrogens (primary N) is 1. The van der Waals surface area contributed by atoms with Crippen LogP contribution in [0.15, 0.2) is 18.2 Å². The van der Waals surface area contributed by atoms with Gasteiger partial charge in [0.2, 0.25) is 5.91 Å². The molecule has 19 heavy (non-hydrogen) atoms. The molecule has 1 saturated carbocycles. The Morgan fingerprint density at radius 3 is 2.68 bits per heavy atom. The highest BCUT2D eigenvalue weighted by atomic mass is 16.6. The third-order valence-corrected chi connectivity index (χ3v) is 3.78. The molecule has 0 aliphatic heterocycles. The Kier molecular flexibility index (Phi) is 3.53. The second kappa shape index (κ2) is 4.97. The number of benzene rings is 1. The van der Waals surface area contributed by atoms with Crippen LogP contribution in [0.25, 0.3) is 0 Å². The van der Waals surface area contributed by atoms with Gasteiger partial charge in [-0.3, -0.25) is 14.9 Å². The molecule has 2 rings (SSSR count). The van der Waals surface area contributed by atoms with Gasteiger partial charge in [-0.25, -0.2) is 0 Å². The second-order valence-electron chi connectivity index (χ2n) is 5.07. The molecule has 1 aromatic rings. The average molecular weight is 263 g/mol. The van der Waals surface area contributed by atoms with Gasteiger partial charge in [0.25, 0.3) is 5.69 Å². The molecule has 6 heteroatoms. The molecule has 0 heterocycles. The zero-order chi connectivity index (χ0) is 14.0. The number of nitrogens with one attached hydrogen (secondary N) is 1. The van der Waals surface area contributed by atoms with Crippen molar-refractivity contribution in [3.05, 3.63) is 33.9 Å². The minimum Gasteiger partial charge on any atom is -0.329 e. The van der Waals surface area contributed by atoms with E-state index in [4.69, 9.17) is 5.73 Å². The smallest absolute Gasteiger partial charge is 0.292 e. The summed E-state index contributed by atoms with van der Waals surface area (Å²) in [4.78, 5) is 22.7. The Morgan fingerprint density at radius 1 is 1.53 bits per heavy atom. The van der Waals surface area contributed by atoms with Gasteiger partial charge in [0, 0.05) is 12.6 Å². The molecule has 1 aliphatic carbocycles. The summed E-state index contributed by atoms with van der Waals surface area (Å²) in [5.41, 5.74) is 6.12. The Bertz CT molecular complexity index is 518. The van der Waals surface area contributed by atoms with Crippen molar-refractivity contribution < 1.29 is 9.72 Å². The van der Waals surface area contributed by atoms with Gasteiger partial charge in [-0.2, -0.15) is 0 Å². The van der Waals surface area contributed by atoms with Crippen LogP contribution in [-0.4, -0.2) is 17.4 Å². The van der Waals surface area contributed by atoms with Crippen molar-refractivity contribution >= 4 is 17.3 Å². The maximum absolute atomic E-state index is 12.2. The van der Waals surface area contributed by atoms with E-state index in [9.17, 15) is 14.9 Å². The highest BCUT2D eigenvalue weighted by molar-refractivity contribution is 5.98. The van der Waals surface area contributed by atoms with Crippen molar-refractivity contribution in [3.63, 3.8) is 0 Å². The lowest BCUT2D eigenvalue weighted by Gasteiger charge is -2.38. The van der Waals surface area contributed by atoms with E-state index in [1.54, 1.807) is 12.1 Å². The number of nitro benzene ring substituents is 1. The molecule has 1 fully saturated rings. The van der Waals surface area contributed by atoms with Crippen molar-refractivity contribution in [1.29, 1.82) is 0 Å². The van der Waals surface area contributed by atoms with Crippen LogP contribution in [0.5, 0.6) is 0 Å². The molecule has 0 atom stereocenters. The maximum Gasteiger partial charge on any atom is 0.292 e. The molecule has 1 aromatic carbocycles. The number of anilines is 1. The van der Waals surface area contributed by atoms with Crippen LogP contribution in [0.1, 0.15) is 24.8 Å². The first-order chi connectivity index (χ1) is 8.98. The molecule has 1 amide bonds. The number of nitrogens with zero attached hydrogens (tertiary/aromatic N) is 1. The van der Waals surface area contributed by atoms with Gasteiger partial charge in [-0.1, -0.05) is 12.5 Å². The molecule has 0 bridgehead atoms. The van der Waals surface area contributed by atoms with Crippen molar-refractivity contribution in [1.82, 2.24) is 0 Å². The number of carbonyl (C=O) groups excluding carboxylic acids is 1. The van der Waals surface area contributed by atoms with Crippen LogP contribution >= 0.6 is 0 Å². The fourth-order valence-corrected chi connectivity index (χ4v) is 2.29. The summed E-state index contributed by atoms with van der Waals surface area (Å²) in [5.74, 6) is -0.213. The zero-order valence-electron chi connectivity index (χ0n) is 10.8. The fraction of sp³-hybridized carbons (Fsp3) is 0.462. The van der Waals surface area contributed by atoms with Gasteiger partial charge in [0.15, 0.2) is 0 Å². The topological polar surface area (TPSA) is 98.3 Å². The van der Waals surface area contributed by atoms with E-state index in [0.29, 0.717) is 0 Å². The highest BCUT2D eigenvalue weighted by Gasteiger charge is 2.43. The average Bonchev–Trinajstić information content (AvgIpc) is 2.27. The van der Waals surface area contributed by atoms with Gasteiger partial charge >= 0.3 is 0 Å². The second-order valence-corrected chi connectivity index (χ2v) is 5.07. The summed E-state index contributed by atoms with van der Waals surface area (Å²) in [6.45, 7) is 2.10. The van der Waals surface area contributed by atoms with E-state index in [1.165, 1.54) is 6.07 Å². The first-order valence-electron chi connectivity index (χ1n) is 6.25. The van der Waals surface area contributed by atoms with E-state index in [2.05, 4.69) is 5.32 Å². The van der Waals surface area contributed by atoms with Crippen molar-refractivity contribution in [2.45, 2.75) is 26.2 Å². The summed E-state index contributed by atoms with van der Waals surface area (Å²) >= 11 is 0. The molecule has 0 radical (unpaired) electrons. The number of rotatable bonds is 4. The zero-order valence-corrected chi connectivity index (χ0v) is 10.8. The lowest BCUT2D eigenvalue weighted by atomic mass is 9.68. The lowest BCUT2D eigenvalue weighted by Crippen LogP contribution is -2.47. The molecule has 3 N–H and O–H groups in total. The monoisotopic (exact) mass is 263 g/mol. The number of nitro groups is 1. The largest absolute Gasteiger partial charge is 0.329 e. The van der Waals surface area contributed by atoms with Gasteiger partial charge in [0.05, 0.1) is 10.3 Å². The van der Waals surface area contributed by atoms with Crippen LogP contribution in [0.2, 0.25) is 0 Å². The number of hydrogen-bond donors (Lipinski definition) is 2. The van der Waals surface area contributed by atoms with Gasteiger partial charge in [0.1, 0.15) is 5.69 Å². The van der Waals surface area contributed by atoms with E-state index >= 15 is 0 Å². The summed E-state index contributed by atoms with van der Waals surface area (Å²) in [7, 11) is 0. The Morgan fingerprint density at radius 2 is 2.21 bits per heavy atom. The lowest BCUT2D eigenvalue weighted by molar-refractivity contribution is -0.383. The Hall–Kier alpha value is -1.95. The van der Waals surface area contributed by atoms with E-state index in [-0.39, 0.29) is 23.8 Å². The molecule has 0 aromatic heterocycles. The van der Waals surface area contributed by atoms with Gasteiger partial charge in [-0.05, 0) is 31.4 Å². The Labute approximate surface area is 111 Å². The van der Waals surface area contributed by atoms with E-state index in [1.807, 2.05) is 6.92 Å². The summed E-state index contributed by atoms with van der Waals surface area (Å²) < 4.78 is 0. The highest BCUT2D eigenvalue weighted by Crippen LogP contribution is 2.41. The molecule has 6 nitrogen and oxygen atoms in total. The van der Waals surface area contributed by atoms with Crippen LogP contribution in [-0.2, 0) is 4.79 Å². The minimum atomic E-state index is -0.544. The fourth-order valence-electron chi connectivity index (χ4n) is 2.29. The molecule has 1 aliphatic rings. The van der Waals surface area contributed by atoms with E-state index < -0.39 is 10.3 Å². The molecule has 0 saturated heterocycles. The molecule has 0 spiro atoms. The van der Waals surface area contributed by atoms with Crippen molar-refractivity contribution in [2.24, 2.45) is 11.1 Å². The summed E-state index contributed by atoms with van der Waals surface area (Å²) in [5, 5.41) is 13.6. The van der Waals surface area contributed by atoms with Crippen molar-refractivity contribution in [2.75, 3.05) is 11.9 Å². The van der Waals surface area contributed by atoms with Crippen LogP contribution in [0.4, 0.5) is 11.4 Å². The standard InChI is InChI=1S/C13H17N3O3/c1-9-3-4-11(16(18)19)10(7-9)15-12(17)13(8-14)5-2-6-13/h3-4,7H,2,5-6,8,14H2,1H3,(H,15,17). The molecule has 102 valence electrons. The third kappa shape index (κ3) is 2.44. The number of aryl methyl sites for hydroxylation is 1. The normalized spacial score (nSPS) is 16.5.